The lowest BCUT2D eigenvalue weighted by atomic mass is 10.1. The van der Waals surface area contributed by atoms with Crippen molar-refractivity contribution in [1.82, 2.24) is 4.98 Å². The molecule has 72 valence electrons. The average molecular weight is 189 g/mol. The maximum atomic E-state index is 9.13. The number of aliphatic hydroxyl groups excluding tert-OH is 1. The van der Waals surface area contributed by atoms with Crippen molar-refractivity contribution in [1.29, 1.82) is 0 Å². The lowest BCUT2D eigenvalue weighted by Gasteiger charge is -2.37. The van der Waals surface area contributed by atoms with Gasteiger partial charge < -0.3 is 10.0 Å². The number of hydrogen-bond acceptors (Lipinski definition) is 3. The zero-order chi connectivity index (χ0) is 10.1. The van der Waals surface area contributed by atoms with E-state index in [9.17, 15) is 0 Å². The van der Waals surface area contributed by atoms with Crippen molar-refractivity contribution >= 4 is 11.5 Å². The normalized spacial score (nSPS) is 16.2. The van der Waals surface area contributed by atoms with Gasteiger partial charge in [0.25, 0.3) is 0 Å². The van der Waals surface area contributed by atoms with Crippen molar-refractivity contribution in [3.63, 3.8) is 0 Å². The van der Waals surface area contributed by atoms with Crippen LogP contribution >= 0.6 is 0 Å². The van der Waals surface area contributed by atoms with Gasteiger partial charge in [0, 0.05) is 19.3 Å². The quantitative estimate of drug-likeness (QED) is 0.673. The molecule has 2 rings (SSSR count). The highest BCUT2D eigenvalue weighted by Gasteiger charge is 2.25. The number of aliphatic hydroxyl groups is 1. The summed E-state index contributed by atoms with van der Waals surface area (Å²) in [5.41, 5.74) is 1.53. The third-order valence-electron chi connectivity index (χ3n) is 2.37. The topological polar surface area (TPSA) is 40.7 Å². The van der Waals surface area contributed by atoms with E-state index in [1.165, 1.54) is 0 Å². The molecule has 0 atom stereocenters. The van der Waals surface area contributed by atoms with E-state index < -0.39 is 0 Å². The molecule has 1 saturated heterocycles. The largest absolute Gasteiger partial charge is 0.389 e. The molecule has 0 aliphatic carbocycles. The van der Waals surface area contributed by atoms with Crippen LogP contribution in [0.2, 0.25) is 0 Å². The van der Waals surface area contributed by atoms with Gasteiger partial charge in [-0.15, -0.1) is 0 Å². The van der Waals surface area contributed by atoms with E-state index >= 15 is 0 Å². The monoisotopic (exact) mass is 189 g/mol. The number of β-amino-alcohol motifs (C(OH)–C–C–N with tert-alkyl or cyclic N) is 1. The molecule has 0 unspecified atom stereocenters. The van der Waals surface area contributed by atoms with Crippen LogP contribution in [0.4, 0.5) is 11.5 Å². The highest BCUT2D eigenvalue weighted by atomic mass is 16.3. The molecule has 2 heterocycles. The minimum Gasteiger partial charge on any atom is -0.389 e. The summed E-state index contributed by atoms with van der Waals surface area (Å²) < 4.78 is 0. The lowest BCUT2D eigenvalue weighted by molar-refractivity contribution is 0.141. The molecule has 1 aliphatic heterocycles. The predicted molar refractivity (Wildman–Crippen MR) is 53.5 cm³/mol. The Labute approximate surface area is 82.6 Å². The van der Waals surface area contributed by atoms with Crippen molar-refractivity contribution in [2.75, 3.05) is 18.0 Å². The molecule has 1 aromatic heterocycles. The Morgan fingerprint density at radius 2 is 2.36 bits per heavy atom. The van der Waals surface area contributed by atoms with Gasteiger partial charge in [-0.2, -0.15) is 0 Å². The van der Waals surface area contributed by atoms with Gasteiger partial charge in [0.2, 0.25) is 0 Å². The van der Waals surface area contributed by atoms with Crippen LogP contribution in [0.3, 0.4) is 0 Å². The van der Waals surface area contributed by atoms with E-state index in [1.807, 2.05) is 11.8 Å². The first-order chi connectivity index (χ1) is 6.70. The van der Waals surface area contributed by atoms with Gasteiger partial charge in [-0.3, -0.25) is 0 Å². The van der Waals surface area contributed by atoms with Crippen LogP contribution in [0, 0.1) is 13.5 Å². The first-order valence-electron chi connectivity index (χ1n) is 4.48. The molecule has 1 aliphatic rings. The fourth-order valence-electron chi connectivity index (χ4n) is 1.44. The van der Waals surface area contributed by atoms with Crippen LogP contribution < -0.4 is 4.90 Å². The van der Waals surface area contributed by atoms with Gasteiger partial charge in [-0.05, 0) is 18.6 Å². The molecule has 1 aromatic rings. The van der Waals surface area contributed by atoms with Crippen LogP contribution in [-0.2, 0) is 0 Å². The van der Waals surface area contributed by atoms with Gasteiger partial charge >= 0.3 is 0 Å². The number of nitrogens with zero attached hydrogens (tertiary/aromatic N) is 3. The van der Waals surface area contributed by atoms with E-state index in [1.54, 1.807) is 12.3 Å². The number of pyridine rings is 1. The summed E-state index contributed by atoms with van der Waals surface area (Å²) in [6, 6.07) is 1.77. The van der Waals surface area contributed by atoms with Crippen LogP contribution in [-0.4, -0.2) is 29.3 Å². The second kappa shape index (κ2) is 3.28. The van der Waals surface area contributed by atoms with Crippen molar-refractivity contribution in [3.8, 4) is 0 Å². The molecule has 1 N–H and O–H groups in total. The number of hydrogen-bond donors (Lipinski definition) is 1. The van der Waals surface area contributed by atoms with E-state index in [0.717, 1.165) is 11.4 Å². The van der Waals surface area contributed by atoms with Crippen LogP contribution in [0.1, 0.15) is 5.56 Å². The minimum atomic E-state index is -0.241. The van der Waals surface area contributed by atoms with Gasteiger partial charge in [0.15, 0.2) is 5.69 Å². The highest BCUT2D eigenvalue weighted by molar-refractivity contribution is 5.59. The Morgan fingerprint density at radius 3 is 2.93 bits per heavy atom. The molecule has 0 spiro atoms. The molecule has 0 radical (unpaired) electrons. The lowest BCUT2D eigenvalue weighted by Crippen LogP contribution is -2.51. The second-order valence-electron chi connectivity index (χ2n) is 3.50. The van der Waals surface area contributed by atoms with E-state index in [0.29, 0.717) is 18.8 Å². The zero-order valence-electron chi connectivity index (χ0n) is 7.94. The van der Waals surface area contributed by atoms with Crippen LogP contribution in [0.5, 0.6) is 0 Å². The van der Waals surface area contributed by atoms with Gasteiger partial charge in [0.05, 0.1) is 12.7 Å². The molecular weight excluding hydrogens is 178 g/mol. The maximum Gasteiger partial charge on any atom is 0.195 e. The fraction of sp³-hybridized carbons (Fsp3) is 0.400. The highest BCUT2D eigenvalue weighted by Crippen LogP contribution is 2.25. The number of rotatable bonds is 1. The van der Waals surface area contributed by atoms with E-state index in [-0.39, 0.29) is 6.10 Å². The summed E-state index contributed by atoms with van der Waals surface area (Å²) in [6.07, 6.45) is 1.46. The summed E-state index contributed by atoms with van der Waals surface area (Å²) in [7, 11) is 0. The van der Waals surface area contributed by atoms with E-state index in [2.05, 4.69) is 9.83 Å². The standard InChI is InChI=1S/C10H11N3O/c1-7-4-12-10(3-9(7)11-2)13-5-8(14)6-13/h3-4,8,14H,5-6H2,1H3. The van der Waals surface area contributed by atoms with Crippen molar-refractivity contribution in [2.24, 2.45) is 0 Å². The molecule has 0 bridgehead atoms. The minimum absolute atomic E-state index is 0.241. The summed E-state index contributed by atoms with van der Waals surface area (Å²) in [5.74, 6) is 0.784. The summed E-state index contributed by atoms with van der Waals surface area (Å²) >= 11 is 0. The third-order valence-corrected chi connectivity index (χ3v) is 2.37. The molecular formula is C10H11N3O. The summed E-state index contributed by atoms with van der Waals surface area (Å²) in [4.78, 5) is 9.58. The predicted octanol–water partition coefficient (Wildman–Crippen LogP) is 1.12. The molecule has 1 fully saturated rings. The Balaban J connectivity index is 2.24. The summed E-state index contributed by atoms with van der Waals surface area (Å²) in [6.45, 7) is 10.1. The Bertz CT molecular complexity index is 391. The van der Waals surface area contributed by atoms with Crippen LogP contribution in [0.25, 0.3) is 4.85 Å². The van der Waals surface area contributed by atoms with Crippen molar-refractivity contribution in [3.05, 3.63) is 29.2 Å². The molecule has 0 saturated carbocycles. The van der Waals surface area contributed by atoms with Gasteiger partial charge in [-0.25, -0.2) is 9.83 Å². The summed E-state index contributed by atoms with van der Waals surface area (Å²) in [5, 5.41) is 9.13. The Morgan fingerprint density at radius 1 is 1.64 bits per heavy atom. The molecule has 14 heavy (non-hydrogen) atoms. The number of anilines is 1. The molecule has 4 heteroatoms. The molecule has 4 nitrogen and oxygen atoms in total. The number of aryl methyl sites for hydroxylation is 1. The van der Waals surface area contributed by atoms with E-state index in [4.69, 9.17) is 11.7 Å². The zero-order valence-corrected chi connectivity index (χ0v) is 7.94. The molecule has 0 amide bonds. The van der Waals surface area contributed by atoms with Crippen molar-refractivity contribution < 1.29 is 5.11 Å². The van der Waals surface area contributed by atoms with Gasteiger partial charge in [-0.1, -0.05) is 0 Å². The second-order valence-corrected chi connectivity index (χ2v) is 3.50. The maximum absolute atomic E-state index is 9.13. The van der Waals surface area contributed by atoms with Crippen molar-refractivity contribution in [2.45, 2.75) is 13.0 Å². The van der Waals surface area contributed by atoms with Crippen LogP contribution in [0.15, 0.2) is 12.3 Å². The number of aromatic nitrogens is 1. The first kappa shape index (κ1) is 8.97. The average Bonchev–Trinajstić information content (AvgIpc) is 2.14. The smallest absolute Gasteiger partial charge is 0.195 e. The molecule has 0 aromatic carbocycles. The third kappa shape index (κ3) is 1.42. The van der Waals surface area contributed by atoms with Gasteiger partial charge in [0.1, 0.15) is 5.82 Å². The first-order valence-corrected chi connectivity index (χ1v) is 4.48. The SMILES string of the molecule is [C-]#[N+]c1cc(N2CC(O)C2)ncc1C. The fourth-order valence-corrected chi connectivity index (χ4v) is 1.44. The Hall–Kier alpha value is -1.60. The Kier molecular flexibility index (Phi) is 2.10.